The van der Waals surface area contributed by atoms with Crippen LogP contribution in [0.3, 0.4) is 0 Å². The summed E-state index contributed by atoms with van der Waals surface area (Å²) in [5.74, 6) is 7.15. The summed E-state index contributed by atoms with van der Waals surface area (Å²) in [6.07, 6.45) is 6.74. The summed E-state index contributed by atoms with van der Waals surface area (Å²) in [5, 5.41) is 0.688. The van der Waals surface area contributed by atoms with E-state index in [1.54, 1.807) is 12.3 Å². The number of nitrogens with two attached hydrogens (primary N) is 1. The summed E-state index contributed by atoms with van der Waals surface area (Å²) in [6.45, 7) is 2.31. The average molecular weight is 268 g/mol. The summed E-state index contributed by atoms with van der Waals surface area (Å²) >= 11 is 1.89. The van der Waals surface area contributed by atoms with Gasteiger partial charge in [-0.05, 0) is 24.8 Å². The fourth-order valence-corrected chi connectivity index (χ4v) is 3.86. The Kier molecular flexibility index (Phi) is 4.72. The van der Waals surface area contributed by atoms with E-state index >= 15 is 0 Å². The van der Waals surface area contributed by atoms with Crippen LogP contribution in [0.25, 0.3) is 0 Å². The molecule has 1 amide bonds. The van der Waals surface area contributed by atoms with Crippen LogP contribution in [-0.4, -0.2) is 11.2 Å². The van der Waals surface area contributed by atoms with E-state index in [0.717, 1.165) is 17.4 Å². The Morgan fingerprint density at radius 3 is 3.17 bits per heavy atom. The number of nitrogens with one attached hydrogen (secondary N) is 1. The second kappa shape index (κ2) is 6.29. The van der Waals surface area contributed by atoms with Crippen molar-refractivity contribution in [2.45, 2.75) is 43.6 Å². The maximum Gasteiger partial charge on any atom is 0.268 e. The lowest BCUT2D eigenvalue weighted by Gasteiger charge is -2.25. The minimum Gasteiger partial charge on any atom is -0.468 e. The highest BCUT2D eigenvalue weighted by atomic mass is 32.2. The smallest absolute Gasteiger partial charge is 0.268 e. The molecule has 18 heavy (non-hydrogen) atoms. The third kappa shape index (κ3) is 3.29. The van der Waals surface area contributed by atoms with Crippen molar-refractivity contribution in [2.24, 2.45) is 11.8 Å². The molecule has 1 fully saturated rings. The van der Waals surface area contributed by atoms with Crippen LogP contribution < -0.4 is 11.3 Å². The molecule has 0 aromatic carbocycles. The van der Waals surface area contributed by atoms with Crippen LogP contribution in [0.1, 0.15) is 48.7 Å². The molecule has 1 aliphatic rings. The number of carbonyl (C=O) groups excluding carboxylic acids is 1. The van der Waals surface area contributed by atoms with Gasteiger partial charge in [-0.15, -0.1) is 0 Å². The first-order valence-corrected chi connectivity index (χ1v) is 7.44. The van der Waals surface area contributed by atoms with Crippen LogP contribution in [0.2, 0.25) is 0 Å². The number of hydrogen-bond acceptors (Lipinski definition) is 4. The first-order valence-electron chi connectivity index (χ1n) is 6.39. The zero-order valence-electron chi connectivity index (χ0n) is 10.6. The fraction of sp³-hybridized carbons (Fsp3) is 0.615. The van der Waals surface area contributed by atoms with Crippen molar-refractivity contribution in [1.82, 2.24) is 5.43 Å². The van der Waals surface area contributed by atoms with E-state index in [2.05, 4.69) is 12.3 Å². The highest BCUT2D eigenvalue weighted by Crippen LogP contribution is 2.34. The van der Waals surface area contributed by atoms with Gasteiger partial charge in [0.25, 0.3) is 5.91 Å². The molecule has 100 valence electrons. The fourth-order valence-electron chi connectivity index (χ4n) is 2.46. The Morgan fingerprint density at radius 1 is 1.61 bits per heavy atom. The van der Waals surface area contributed by atoms with Crippen molar-refractivity contribution >= 4 is 17.7 Å². The number of amides is 1. The van der Waals surface area contributed by atoms with E-state index in [1.165, 1.54) is 25.7 Å². The van der Waals surface area contributed by atoms with E-state index in [0.29, 0.717) is 10.8 Å². The molecule has 2 rings (SSSR count). The third-order valence-electron chi connectivity index (χ3n) is 3.46. The standard InChI is InChI=1S/C13H20N2O2S/c1-9-3-2-4-10(7-9)18-8-12-11(5-6-17-12)13(16)15-14/h5-6,9-10H,2-4,7-8,14H2,1H3,(H,15,16). The number of furan rings is 1. The largest absolute Gasteiger partial charge is 0.468 e. The van der Waals surface area contributed by atoms with Gasteiger partial charge in [-0.3, -0.25) is 10.2 Å². The number of rotatable bonds is 4. The van der Waals surface area contributed by atoms with Crippen LogP contribution in [0.4, 0.5) is 0 Å². The molecule has 5 heteroatoms. The predicted octanol–water partition coefficient (Wildman–Crippen LogP) is 2.70. The van der Waals surface area contributed by atoms with E-state index in [4.69, 9.17) is 10.3 Å². The zero-order chi connectivity index (χ0) is 13.0. The summed E-state index contributed by atoms with van der Waals surface area (Å²) in [4.78, 5) is 11.5. The van der Waals surface area contributed by atoms with E-state index in [9.17, 15) is 4.79 Å². The van der Waals surface area contributed by atoms with Gasteiger partial charge < -0.3 is 4.42 Å². The molecule has 1 aromatic rings. The molecule has 0 aliphatic heterocycles. The third-order valence-corrected chi connectivity index (χ3v) is 4.79. The van der Waals surface area contributed by atoms with Crippen LogP contribution >= 0.6 is 11.8 Å². The Hall–Kier alpha value is -0.940. The predicted molar refractivity (Wildman–Crippen MR) is 73.1 cm³/mol. The van der Waals surface area contributed by atoms with Gasteiger partial charge in [0, 0.05) is 5.25 Å². The molecule has 3 N–H and O–H groups in total. The van der Waals surface area contributed by atoms with Crippen LogP contribution in [-0.2, 0) is 5.75 Å². The Bertz CT molecular complexity index is 405. The van der Waals surface area contributed by atoms with Crippen LogP contribution in [0.15, 0.2) is 16.7 Å². The molecule has 0 bridgehead atoms. The number of thioether (sulfide) groups is 1. The van der Waals surface area contributed by atoms with E-state index in [-0.39, 0.29) is 5.91 Å². The normalized spacial score (nSPS) is 23.9. The molecule has 1 aliphatic carbocycles. The van der Waals surface area contributed by atoms with Crippen molar-refractivity contribution in [1.29, 1.82) is 0 Å². The maximum atomic E-state index is 11.5. The molecule has 2 unspecified atom stereocenters. The van der Waals surface area contributed by atoms with Crippen LogP contribution in [0, 0.1) is 5.92 Å². The summed E-state index contributed by atoms with van der Waals surface area (Å²) in [6, 6.07) is 1.67. The lowest BCUT2D eigenvalue weighted by molar-refractivity contribution is 0.0952. The zero-order valence-corrected chi connectivity index (χ0v) is 11.5. The minimum absolute atomic E-state index is 0.281. The first-order chi connectivity index (χ1) is 8.70. The molecular weight excluding hydrogens is 248 g/mol. The van der Waals surface area contributed by atoms with Gasteiger partial charge in [0.2, 0.25) is 0 Å². The van der Waals surface area contributed by atoms with E-state index < -0.39 is 0 Å². The highest BCUT2D eigenvalue weighted by molar-refractivity contribution is 7.99. The second-order valence-electron chi connectivity index (χ2n) is 4.94. The summed E-state index contributed by atoms with van der Waals surface area (Å²) < 4.78 is 5.37. The van der Waals surface area contributed by atoms with E-state index in [1.807, 2.05) is 11.8 Å². The summed E-state index contributed by atoms with van der Waals surface area (Å²) in [7, 11) is 0. The van der Waals surface area contributed by atoms with Gasteiger partial charge in [-0.1, -0.05) is 19.8 Å². The molecule has 1 aromatic heterocycles. The van der Waals surface area contributed by atoms with Crippen molar-refractivity contribution in [3.8, 4) is 0 Å². The Labute approximate surface area is 112 Å². The van der Waals surface area contributed by atoms with Gasteiger partial charge in [-0.25, -0.2) is 5.84 Å². The highest BCUT2D eigenvalue weighted by Gasteiger charge is 2.21. The summed E-state index contributed by atoms with van der Waals surface area (Å²) in [5.41, 5.74) is 2.69. The van der Waals surface area contributed by atoms with Gasteiger partial charge >= 0.3 is 0 Å². The van der Waals surface area contributed by atoms with Gasteiger partial charge in [0.1, 0.15) is 5.76 Å². The van der Waals surface area contributed by atoms with Gasteiger partial charge in [0.15, 0.2) is 0 Å². The van der Waals surface area contributed by atoms with Crippen molar-refractivity contribution in [3.05, 3.63) is 23.7 Å². The van der Waals surface area contributed by atoms with Crippen molar-refractivity contribution < 1.29 is 9.21 Å². The molecular formula is C13H20N2O2S. The molecule has 2 atom stereocenters. The molecule has 1 heterocycles. The SMILES string of the molecule is CC1CCCC(SCc2occc2C(=O)NN)C1. The average Bonchev–Trinajstić information content (AvgIpc) is 2.84. The Balaban J connectivity index is 1.90. The molecule has 1 saturated carbocycles. The second-order valence-corrected chi connectivity index (χ2v) is 6.22. The topological polar surface area (TPSA) is 68.3 Å². The monoisotopic (exact) mass is 268 g/mol. The quantitative estimate of drug-likeness (QED) is 0.500. The van der Waals surface area contributed by atoms with Crippen molar-refractivity contribution in [3.63, 3.8) is 0 Å². The van der Waals surface area contributed by atoms with Crippen LogP contribution in [0.5, 0.6) is 0 Å². The molecule has 4 nitrogen and oxygen atoms in total. The molecule has 0 radical (unpaired) electrons. The number of hydrogen-bond donors (Lipinski definition) is 2. The van der Waals surface area contributed by atoms with Crippen molar-refractivity contribution in [2.75, 3.05) is 0 Å². The van der Waals surface area contributed by atoms with Gasteiger partial charge in [0.05, 0.1) is 17.6 Å². The molecule has 0 saturated heterocycles. The lowest BCUT2D eigenvalue weighted by Crippen LogP contribution is -2.30. The minimum atomic E-state index is -0.281. The first kappa shape index (κ1) is 13.5. The number of hydrazine groups is 1. The lowest BCUT2D eigenvalue weighted by atomic mass is 9.91. The Morgan fingerprint density at radius 2 is 2.44 bits per heavy atom. The number of carbonyl (C=O) groups is 1. The number of nitrogen functional groups attached to an aromatic ring is 1. The maximum absolute atomic E-state index is 11.5. The molecule has 0 spiro atoms. The van der Waals surface area contributed by atoms with Gasteiger partial charge in [-0.2, -0.15) is 11.8 Å².